The van der Waals surface area contributed by atoms with Crippen molar-refractivity contribution in [3.8, 4) is 5.75 Å². The number of para-hydroxylation sites is 1. The number of benzene rings is 1. The molecule has 0 heterocycles. The molecule has 0 aliphatic heterocycles. The van der Waals surface area contributed by atoms with Crippen LogP contribution in [0.15, 0.2) is 24.3 Å². The minimum atomic E-state index is -0.111. The zero-order valence-corrected chi connectivity index (χ0v) is 13.1. The van der Waals surface area contributed by atoms with Gasteiger partial charge in [0.25, 0.3) is 0 Å². The molecule has 0 bridgehead atoms. The third-order valence-electron chi connectivity index (χ3n) is 3.94. The van der Waals surface area contributed by atoms with Gasteiger partial charge in [-0.3, -0.25) is 4.79 Å². The SMILES string of the molecule is CCCC(CCC)C(=O)N(C)C(C)c1ccccc1O. The maximum atomic E-state index is 12.6. The highest BCUT2D eigenvalue weighted by molar-refractivity contribution is 5.79. The molecule has 1 rings (SSSR count). The number of phenols is 1. The molecule has 0 saturated heterocycles. The molecule has 20 heavy (non-hydrogen) atoms. The van der Waals surface area contributed by atoms with E-state index < -0.39 is 0 Å². The maximum absolute atomic E-state index is 12.6. The lowest BCUT2D eigenvalue weighted by atomic mass is 9.95. The van der Waals surface area contributed by atoms with Crippen molar-refractivity contribution in [1.29, 1.82) is 0 Å². The molecule has 0 aliphatic carbocycles. The second-order valence-corrected chi connectivity index (χ2v) is 5.46. The van der Waals surface area contributed by atoms with E-state index in [9.17, 15) is 9.90 Å². The number of carbonyl (C=O) groups is 1. The van der Waals surface area contributed by atoms with Gasteiger partial charge in [-0.05, 0) is 25.8 Å². The van der Waals surface area contributed by atoms with Gasteiger partial charge in [0.1, 0.15) is 5.75 Å². The Balaban J connectivity index is 2.84. The Bertz CT molecular complexity index is 425. The molecule has 0 aliphatic rings. The van der Waals surface area contributed by atoms with Gasteiger partial charge in [0, 0.05) is 18.5 Å². The van der Waals surface area contributed by atoms with Crippen LogP contribution in [0, 0.1) is 5.92 Å². The van der Waals surface area contributed by atoms with Gasteiger partial charge >= 0.3 is 0 Å². The molecule has 0 spiro atoms. The largest absolute Gasteiger partial charge is 0.508 e. The van der Waals surface area contributed by atoms with Crippen molar-refractivity contribution in [2.45, 2.75) is 52.5 Å². The van der Waals surface area contributed by atoms with E-state index in [0.717, 1.165) is 31.2 Å². The molecule has 3 nitrogen and oxygen atoms in total. The van der Waals surface area contributed by atoms with Gasteiger partial charge in [-0.25, -0.2) is 0 Å². The predicted octanol–water partition coefficient (Wildman–Crippen LogP) is 4.13. The Hall–Kier alpha value is -1.51. The fraction of sp³-hybridized carbons (Fsp3) is 0.588. The second kappa shape index (κ2) is 7.93. The first-order chi connectivity index (χ1) is 9.52. The summed E-state index contributed by atoms with van der Waals surface area (Å²) in [5.74, 6) is 0.537. The van der Waals surface area contributed by atoms with Crippen molar-refractivity contribution in [3.05, 3.63) is 29.8 Å². The Morgan fingerprint density at radius 3 is 2.25 bits per heavy atom. The summed E-state index contributed by atoms with van der Waals surface area (Å²) in [4.78, 5) is 14.4. The summed E-state index contributed by atoms with van der Waals surface area (Å²) in [5, 5.41) is 9.92. The highest BCUT2D eigenvalue weighted by atomic mass is 16.3. The Morgan fingerprint density at radius 1 is 1.20 bits per heavy atom. The quantitative estimate of drug-likeness (QED) is 0.814. The van der Waals surface area contributed by atoms with Crippen LogP contribution in [0.3, 0.4) is 0 Å². The molecule has 112 valence electrons. The average Bonchev–Trinajstić information content (AvgIpc) is 2.45. The van der Waals surface area contributed by atoms with Crippen molar-refractivity contribution in [2.75, 3.05) is 7.05 Å². The summed E-state index contributed by atoms with van der Waals surface area (Å²) in [5.41, 5.74) is 0.801. The molecule has 0 radical (unpaired) electrons. The van der Waals surface area contributed by atoms with Crippen molar-refractivity contribution < 1.29 is 9.90 Å². The number of phenolic OH excluding ortho intramolecular Hbond substituents is 1. The minimum absolute atomic E-state index is 0.100. The monoisotopic (exact) mass is 277 g/mol. The number of rotatable bonds is 7. The van der Waals surface area contributed by atoms with Crippen LogP contribution in [-0.4, -0.2) is 23.0 Å². The topological polar surface area (TPSA) is 40.5 Å². The Labute approximate surface area is 122 Å². The van der Waals surface area contributed by atoms with Crippen LogP contribution < -0.4 is 0 Å². The van der Waals surface area contributed by atoms with Gasteiger partial charge in [0.15, 0.2) is 0 Å². The highest BCUT2D eigenvalue weighted by Gasteiger charge is 2.25. The fourth-order valence-electron chi connectivity index (χ4n) is 2.62. The molecule has 1 aromatic carbocycles. The van der Waals surface area contributed by atoms with Crippen LogP contribution in [0.5, 0.6) is 5.75 Å². The van der Waals surface area contributed by atoms with E-state index in [-0.39, 0.29) is 23.6 Å². The van der Waals surface area contributed by atoms with Crippen LogP contribution >= 0.6 is 0 Å². The van der Waals surface area contributed by atoms with Crippen LogP contribution in [-0.2, 0) is 4.79 Å². The zero-order valence-electron chi connectivity index (χ0n) is 13.1. The number of aromatic hydroxyl groups is 1. The summed E-state index contributed by atoms with van der Waals surface area (Å²) in [7, 11) is 1.83. The first-order valence-electron chi connectivity index (χ1n) is 7.57. The second-order valence-electron chi connectivity index (χ2n) is 5.46. The molecule has 1 aromatic rings. The van der Waals surface area contributed by atoms with E-state index in [4.69, 9.17) is 0 Å². The van der Waals surface area contributed by atoms with E-state index in [1.54, 1.807) is 17.0 Å². The highest BCUT2D eigenvalue weighted by Crippen LogP contribution is 2.29. The number of hydrogen-bond acceptors (Lipinski definition) is 2. The van der Waals surface area contributed by atoms with Gasteiger partial charge in [-0.1, -0.05) is 44.9 Å². The van der Waals surface area contributed by atoms with Crippen molar-refractivity contribution in [1.82, 2.24) is 4.90 Å². The molecule has 0 aromatic heterocycles. The third kappa shape index (κ3) is 3.99. The molecule has 0 fully saturated rings. The van der Waals surface area contributed by atoms with Gasteiger partial charge in [-0.15, -0.1) is 0 Å². The van der Waals surface area contributed by atoms with Crippen LogP contribution in [0.2, 0.25) is 0 Å². The summed E-state index contributed by atoms with van der Waals surface area (Å²) >= 11 is 0. The fourth-order valence-corrected chi connectivity index (χ4v) is 2.62. The predicted molar refractivity (Wildman–Crippen MR) is 82.6 cm³/mol. The Morgan fingerprint density at radius 2 is 1.75 bits per heavy atom. The van der Waals surface area contributed by atoms with E-state index >= 15 is 0 Å². The molecular weight excluding hydrogens is 250 g/mol. The van der Waals surface area contributed by atoms with Gasteiger partial charge < -0.3 is 10.0 Å². The van der Waals surface area contributed by atoms with E-state index in [1.165, 1.54) is 0 Å². The molecule has 0 saturated carbocycles. The molecule has 1 amide bonds. The number of nitrogens with zero attached hydrogens (tertiary/aromatic N) is 1. The number of amides is 1. The number of carbonyl (C=O) groups excluding carboxylic acids is 1. The van der Waals surface area contributed by atoms with E-state index in [1.807, 2.05) is 26.1 Å². The lowest BCUT2D eigenvalue weighted by Crippen LogP contribution is -2.35. The van der Waals surface area contributed by atoms with Gasteiger partial charge in [0.05, 0.1) is 6.04 Å². The molecule has 1 N–H and O–H groups in total. The minimum Gasteiger partial charge on any atom is -0.508 e. The standard InChI is InChI=1S/C17H27NO2/c1-5-9-14(10-6-2)17(20)18(4)13(3)15-11-7-8-12-16(15)19/h7-8,11-14,19H,5-6,9-10H2,1-4H3. The number of hydrogen-bond donors (Lipinski definition) is 1. The normalized spacial score (nSPS) is 12.4. The smallest absolute Gasteiger partial charge is 0.225 e. The molecular formula is C17H27NO2. The Kier molecular flexibility index (Phi) is 6.56. The summed E-state index contributed by atoms with van der Waals surface area (Å²) < 4.78 is 0. The van der Waals surface area contributed by atoms with Crippen molar-refractivity contribution >= 4 is 5.91 Å². The van der Waals surface area contributed by atoms with Crippen molar-refractivity contribution in [3.63, 3.8) is 0 Å². The molecule has 3 heteroatoms. The lowest BCUT2D eigenvalue weighted by molar-refractivity contribution is -0.136. The van der Waals surface area contributed by atoms with Gasteiger partial charge in [0.2, 0.25) is 5.91 Å². The zero-order chi connectivity index (χ0) is 15.1. The third-order valence-corrected chi connectivity index (χ3v) is 3.94. The van der Waals surface area contributed by atoms with Gasteiger partial charge in [-0.2, -0.15) is 0 Å². The van der Waals surface area contributed by atoms with Crippen LogP contribution in [0.25, 0.3) is 0 Å². The lowest BCUT2D eigenvalue weighted by Gasteiger charge is -2.29. The van der Waals surface area contributed by atoms with E-state index in [0.29, 0.717) is 0 Å². The first-order valence-corrected chi connectivity index (χ1v) is 7.57. The average molecular weight is 277 g/mol. The maximum Gasteiger partial charge on any atom is 0.225 e. The summed E-state index contributed by atoms with van der Waals surface area (Å²) in [6.45, 7) is 6.19. The molecule has 1 unspecified atom stereocenters. The van der Waals surface area contributed by atoms with Crippen LogP contribution in [0.4, 0.5) is 0 Å². The van der Waals surface area contributed by atoms with Crippen LogP contribution in [0.1, 0.15) is 58.1 Å². The first kappa shape index (κ1) is 16.5. The molecule has 1 atom stereocenters. The summed E-state index contributed by atoms with van der Waals surface area (Å²) in [6.07, 6.45) is 3.92. The summed E-state index contributed by atoms with van der Waals surface area (Å²) in [6, 6.07) is 7.11. The van der Waals surface area contributed by atoms with E-state index in [2.05, 4.69) is 13.8 Å². The van der Waals surface area contributed by atoms with Crippen molar-refractivity contribution in [2.24, 2.45) is 5.92 Å².